The topological polar surface area (TPSA) is 102 Å². The zero-order valence-corrected chi connectivity index (χ0v) is 16.2. The summed E-state index contributed by atoms with van der Waals surface area (Å²) >= 11 is 0. The van der Waals surface area contributed by atoms with Crippen molar-refractivity contribution < 1.29 is 29.0 Å². The van der Waals surface area contributed by atoms with Crippen molar-refractivity contribution in [3.63, 3.8) is 0 Å². The number of anilines is 1. The second kappa shape index (κ2) is 9.03. The number of carbonyl (C=O) groups excluding carboxylic acids is 2. The van der Waals surface area contributed by atoms with Crippen molar-refractivity contribution in [1.82, 2.24) is 0 Å². The molecule has 28 heavy (non-hydrogen) atoms. The number of benzene rings is 2. The minimum absolute atomic E-state index is 0.0302. The van der Waals surface area contributed by atoms with Gasteiger partial charge in [0.25, 0.3) is 0 Å². The van der Waals surface area contributed by atoms with E-state index in [2.05, 4.69) is 5.32 Å². The summed E-state index contributed by atoms with van der Waals surface area (Å²) in [6.45, 7) is 5.10. The van der Waals surface area contributed by atoms with Gasteiger partial charge in [0.05, 0.1) is 30.9 Å². The lowest BCUT2D eigenvalue weighted by Crippen LogP contribution is -2.17. The number of nitrogens with one attached hydrogen (secondary N) is 1. The van der Waals surface area contributed by atoms with Crippen LogP contribution in [-0.2, 0) is 11.2 Å². The van der Waals surface area contributed by atoms with Gasteiger partial charge in [-0.05, 0) is 57.2 Å². The largest absolute Gasteiger partial charge is 0.496 e. The van der Waals surface area contributed by atoms with E-state index >= 15 is 0 Å². The van der Waals surface area contributed by atoms with Crippen LogP contribution in [0.15, 0.2) is 36.4 Å². The lowest BCUT2D eigenvalue weighted by atomic mass is 10.0. The van der Waals surface area contributed by atoms with Crippen LogP contribution < -0.4 is 14.8 Å². The Kier molecular flexibility index (Phi) is 6.76. The minimum atomic E-state index is -1.11. The first-order chi connectivity index (χ1) is 13.2. The quantitative estimate of drug-likeness (QED) is 0.674. The molecule has 0 fully saturated rings. The van der Waals surface area contributed by atoms with Gasteiger partial charge in [0.15, 0.2) is 5.78 Å². The molecule has 0 saturated carbocycles. The average Bonchev–Trinajstić information content (AvgIpc) is 2.62. The third-order valence-electron chi connectivity index (χ3n) is 3.90. The second-order valence-electron chi connectivity index (χ2n) is 6.49. The molecule has 0 aromatic heterocycles. The van der Waals surface area contributed by atoms with E-state index in [-0.39, 0.29) is 29.6 Å². The summed E-state index contributed by atoms with van der Waals surface area (Å²) in [4.78, 5) is 35.5. The molecule has 2 N–H and O–H groups in total. The van der Waals surface area contributed by atoms with Crippen LogP contribution in [0.3, 0.4) is 0 Å². The smallest absolute Gasteiger partial charge is 0.335 e. The number of ether oxygens (including phenoxy) is 2. The maximum Gasteiger partial charge on any atom is 0.335 e. The predicted molar refractivity (Wildman–Crippen MR) is 104 cm³/mol. The number of hydrogen-bond acceptors (Lipinski definition) is 5. The molecule has 7 heteroatoms. The molecule has 2 aromatic rings. The molecular formula is C21H23NO6. The Morgan fingerprint density at radius 2 is 1.68 bits per heavy atom. The molecule has 7 nitrogen and oxygen atoms in total. The molecule has 0 aliphatic rings. The van der Waals surface area contributed by atoms with Gasteiger partial charge in [0.1, 0.15) is 11.5 Å². The van der Waals surface area contributed by atoms with Crippen molar-refractivity contribution in [2.75, 3.05) is 12.4 Å². The molecule has 0 atom stereocenters. The zero-order valence-electron chi connectivity index (χ0n) is 16.2. The number of aromatic carboxylic acids is 1. The lowest BCUT2D eigenvalue weighted by molar-refractivity contribution is -0.115. The van der Waals surface area contributed by atoms with Crippen LogP contribution in [0.1, 0.15) is 47.1 Å². The number of hydrogen-bond donors (Lipinski definition) is 2. The van der Waals surface area contributed by atoms with Crippen LogP contribution in [-0.4, -0.2) is 36.0 Å². The van der Waals surface area contributed by atoms with Crippen molar-refractivity contribution in [2.24, 2.45) is 0 Å². The minimum Gasteiger partial charge on any atom is -0.496 e. The summed E-state index contributed by atoms with van der Waals surface area (Å²) in [6, 6.07) is 9.15. The Hall–Kier alpha value is -3.35. The zero-order chi connectivity index (χ0) is 20.8. The maximum absolute atomic E-state index is 12.6. The molecular weight excluding hydrogens is 362 g/mol. The van der Waals surface area contributed by atoms with Crippen LogP contribution in [0, 0.1) is 0 Å². The third-order valence-corrected chi connectivity index (χ3v) is 3.90. The molecule has 0 heterocycles. The monoisotopic (exact) mass is 385 g/mol. The second-order valence-corrected chi connectivity index (χ2v) is 6.49. The van der Waals surface area contributed by atoms with E-state index in [1.54, 1.807) is 18.2 Å². The van der Waals surface area contributed by atoms with Gasteiger partial charge >= 0.3 is 5.97 Å². The SMILES string of the molecule is COc1ccc(C(C)=O)cc1CC(=O)Nc1cc(C(=O)O)ccc1OC(C)C. The molecule has 0 spiro atoms. The normalized spacial score (nSPS) is 10.5. The van der Waals surface area contributed by atoms with Gasteiger partial charge in [0.2, 0.25) is 5.91 Å². The molecule has 0 unspecified atom stereocenters. The summed E-state index contributed by atoms with van der Waals surface area (Å²) in [5, 5.41) is 11.9. The Morgan fingerprint density at radius 3 is 2.25 bits per heavy atom. The molecule has 1 amide bonds. The molecule has 0 aliphatic carbocycles. The standard InChI is InChI=1S/C21H23NO6/c1-12(2)28-19-8-6-15(21(25)26)10-17(19)22-20(24)11-16-9-14(13(3)23)5-7-18(16)27-4/h5-10,12H,11H2,1-4H3,(H,22,24)(H,25,26). The molecule has 0 radical (unpaired) electrons. The van der Waals surface area contributed by atoms with E-state index in [1.807, 2.05) is 13.8 Å². The van der Waals surface area contributed by atoms with Gasteiger partial charge in [-0.25, -0.2) is 4.79 Å². The highest BCUT2D eigenvalue weighted by Crippen LogP contribution is 2.28. The van der Waals surface area contributed by atoms with Gasteiger partial charge in [-0.2, -0.15) is 0 Å². The van der Waals surface area contributed by atoms with E-state index in [1.165, 1.54) is 32.2 Å². The Morgan fingerprint density at radius 1 is 1.04 bits per heavy atom. The highest BCUT2D eigenvalue weighted by atomic mass is 16.5. The molecule has 0 saturated heterocycles. The van der Waals surface area contributed by atoms with E-state index in [9.17, 15) is 19.5 Å². The first-order valence-electron chi connectivity index (χ1n) is 8.73. The van der Waals surface area contributed by atoms with E-state index in [0.717, 1.165) is 0 Å². The number of carboxylic acid groups (broad SMARTS) is 1. The molecule has 2 rings (SSSR count). The number of carbonyl (C=O) groups is 3. The van der Waals surface area contributed by atoms with Crippen molar-refractivity contribution in [3.8, 4) is 11.5 Å². The van der Waals surface area contributed by atoms with Gasteiger partial charge in [-0.1, -0.05) is 0 Å². The highest BCUT2D eigenvalue weighted by Gasteiger charge is 2.16. The van der Waals surface area contributed by atoms with Crippen molar-refractivity contribution in [3.05, 3.63) is 53.1 Å². The predicted octanol–water partition coefficient (Wildman–Crippen LogP) is 3.56. The van der Waals surface area contributed by atoms with Crippen LogP contribution in [0.25, 0.3) is 0 Å². The summed E-state index contributed by atoms with van der Waals surface area (Å²) in [5.74, 6) is -0.764. The van der Waals surface area contributed by atoms with Gasteiger partial charge in [-0.3, -0.25) is 9.59 Å². The van der Waals surface area contributed by atoms with Crippen LogP contribution >= 0.6 is 0 Å². The summed E-state index contributed by atoms with van der Waals surface area (Å²) in [5.41, 5.74) is 1.32. The van der Waals surface area contributed by atoms with E-state index < -0.39 is 11.9 Å². The van der Waals surface area contributed by atoms with Crippen LogP contribution in [0.4, 0.5) is 5.69 Å². The fourth-order valence-electron chi connectivity index (χ4n) is 2.62. The summed E-state index contributed by atoms with van der Waals surface area (Å²) in [6.07, 6.45) is -0.207. The molecule has 0 bridgehead atoms. The fourth-order valence-corrected chi connectivity index (χ4v) is 2.62. The summed E-state index contributed by atoms with van der Waals surface area (Å²) in [7, 11) is 1.48. The average molecular weight is 385 g/mol. The van der Waals surface area contributed by atoms with Gasteiger partial charge in [-0.15, -0.1) is 0 Å². The number of methoxy groups -OCH3 is 1. The molecule has 2 aromatic carbocycles. The van der Waals surface area contributed by atoms with Crippen molar-refractivity contribution in [1.29, 1.82) is 0 Å². The number of amides is 1. The number of ketones is 1. The van der Waals surface area contributed by atoms with Crippen molar-refractivity contribution in [2.45, 2.75) is 33.3 Å². The number of carboxylic acids is 1. The van der Waals surface area contributed by atoms with Crippen molar-refractivity contribution >= 4 is 23.3 Å². The van der Waals surface area contributed by atoms with E-state index in [0.29, 0.717) is 22.6 Å². The van der Waals surface area contributed by atoms with Crippen LogP contribution in [0.5, 0.6) is 11.5 Å². The third kappa shape index (κ3) is 5.33. The summed E-state index contributed by atoms with van der Waals surface area (Å²) < 4.78 is 10.9. The number of Topliss-reactive ketones (excluding diaryl/α,β-unsaturated/α-hetero) is 1. The van der Waals surface area contributed by atoms with Gasteiger partial charge < -0.3 is 19.9 Å². The molecule has 148 valence electrons. The van der Waals surface area contributed by atoms with Crippen LogP contribution in [0.2, 0.25) is 0 Å². The maximum atomic E-state index is 12.6. The Labute approximate surface area is 163 Å². The first-order valence-corrected chi connectivity index (χ1v) is 8.73. The Balaban J connectivity index is 2.29. The lowest BCUT2D eigenvalue weighted by Gasteiger charge is -2.16. The van der Waals surface area contributed by atoms with E-state index in [4.69, 9.17) is 9.47 Å². The fraction of sp³-hybridized carbons (Fsp3) is 0.286. The highest BCUT2D eigenvalue weighted by molar-refractivity contribution is 5.98. The number of rotatable bonds is 8. The Bertz CT molecular complexity index is 904. The van der Waals surface area contributed by atoms with Gasteiger partial charge in [0, 0.05) is 11.1 Å². The molecule has 0 aliphatic heterocycles. The first kappa shape index (κ1) is 21.0.